The Bertz CT molecular complexity index is 239. The third kappa shape index (κ3) is 4.48. The van der Waals surface area contributed by atoms with Crippen LogP contribution >= 0.6 is 0 Å². The van der Waals surface area contributed by atoms with Crippen molar-refractivity contribution in [3.63, 3.8) is 0 Å². The van der Waals surface area contributed by atoms with Gasteiger partial charge < -0.3 is 4.74 Å². The first-order valence-electron chi connectivity index (χ1n) is 4.70. The summed E-state index contributed by atoms with van der Waals surface area (Å²) < 4.78 is 5.43. The lowest BCUT2D eigenvalue weighted by atomic mass is 10.2. The van der Waals surface area contributed by atoms with E-state index < -0.39 is 0 Å². The van der Waals surface area contributed by atoms with Gasteiger partial charge in [-0.2, -0.15) is 0 Å². The van der Waals surface area contributed by atoms with Gasteiger partial charge in [-0.25, -0.2) is 0 Å². The van der Waals surface area contributed by atoms with Crippen LogP contribution in [0.3, 0.4) is 0 Å². The molecule has 0 aliphatic rings. The summed E-state index contributed by atoms with van der Waals surface area (Å²) in [6.45, 7) is 3.53. The summed E-state index contributed by atoms with van der Waals surface area (Å²) in [5, 5.41) is 0. The number of hydrogen-bond donors (Lipinski definition) is 0. The molecule has 0 heterocycles. The van der Waals surface area contributed by atoms with E-state index in [4.69, 9.17) is 4.74 Å². The maximum Gasteiger partial charge on any atom is 0.0721 e. The van der Waals surface area contributed by atoms with Crippen molar-refractivity contribution in [2.75, 3.05) is 6.61 Å². The summed E-state index contributed by atoms with van der Waals surface area (Å²) in [5.74, 6) is 0. The fourth-order valence-corrected chi connectivity index (χ4v) is 1.05. The molecule has 0 atom stereocenters. The van der Waals surface area contributed by atoms with E-state index in [1.807, 2.05) is 18.2 Å². The Morgan fingerprint density at radius 3 is 2.62 bits per heavy atom. The maximum absolute atomic E-state index is 5.43. The highest BCUT2D eigenvalue weighted by Crippen LogP contribution is 2.00. The Labute approximate surface area is 80.0 Å². The molecule has 0 unspecified atom stereocenters. The highest BCUT2D eigenvalue weighted by atomic mass is 16.5. The molecule has 0 aliphatic carbocycles. The zero-order chi connectivity index (χ0) is 9.36. The van der Waals surface area contributed by atoms with Gasteiger partial charge in [-0.1, -0.05) is 49.4 Å². The van der Waals surface area contributed by atoms with Crippen molar-refractivity contribution in [1.29, 1.82) is 0 Å². The van der Waals surface area contributed by atoms with Gasteiger partial charge in [0, 0.05) is 0 Å². The van der Waals surface area contributed by atoms with Gasteiger partial charge in [-0.05, 0) is 12.0 Å². The minimum Gasteiger partial charge on any atom is -0.373 e. The molecule has 0 spiro atoms. The number of rotatable bonds is 5. The zero-order valence-electron chi connectivity index (χ0n) is 8.07. The summed E-state index contributed by atoms with van der Waals surface area (Å²) in [5.41, 5.74) is 1.23. The lowest BCUT2D eigenvalue weighted by Gasteiger charge is -2.00. The van der Waals surface area contributed by atoms with Gasteiger partial charge in [0.25, 0.3) is 0 Å². The molecular weight excluding hydrogens is 160 g/mol. The van der Waals surface area contributed by atoms with E-state index in [2.05, 4.69) is 31.2 Å². The van der Waals surface area contributed by atoms with Crippen LogP contribution in [0.4, 0.5) is 0 Å². The number of hydrogen-bond acceptors (Lipinski definition) is 1. The fourth-order valence-electron chi connectivity index (χ4n) is 1.05. The smallest absolute Gasteiger partial charge is 0.0721 e. The van der Waals surface area contributed by atoms with Gasteiger partial charge in [0.2, 0.25) is 0 Å². The first-order chi connectivity index (χ1) is 6.43. The van der Waals surface area contributed by atoms with Gasteiger partial charge >= 0.3 is 0 Å². The van der Waals surface area contributed by atoms with Crippen molar-refractivity contribution in [2.45, 2.75) is 20.0 Å². The highest BCUT2D eigenvalue weighted by Gasteiger charge is 1.88. The Morgan fingerprint density at radius 1 is 1.15 bits per heavy atom. The SMILES string of the molecule is CCC=CCOCc1ccccc1. The lowest BCUT2D eigenvalue weighted by molar-refractivity contribution is 0.148. The minimum absolute atomic E-state index is 0.703. The molecule has 1 aromatic rings. The molecule has 0 aliphatic heterocycles. The quantitative estimate of drug-likeness (QED) is 0.494. The summed E-state index contributed by atoms with van der Waals surface area (Å²) in [6, 6.07) is 10.2. The molecule has 70 valence electrons. The van der Waals surface area contributed by atoms with E-state index in [0.717, 1.165) is 6.42 Å². The minimum atomic E-state index is 0.703. The topological polar surface area (TPSA) is 9.23 Å². The van der Waals surface area contributed by atoms with Gasteiger partial charge in [0.1, 0.15) is 0 Å². The summed E-state index contributed by atoms with van der Waals surface area (Å²) in [7, 11) is 0. The molecular formula is C12H16O. The van der Waals surface area contributed by atoms with Gasteiger partial charge in [0.05, 0.1) is 13.2 Å². The molecule has 1 rings (SSSR count). The van der Waals surface area contributed by atoms with Gasteiger partial charge in [0.15, 0.2) is 0 Å². The van der Waals surface area contributed by atoms with Gasteiger partial charge in [-0.15, -0.1) is 0 Å². The first kappa shape index (κ1) is 10.0. The van der Waals surface area contributed by atoms with Crippen LogP contribution in [0.25, 0.3) is 0 Å². The molecule has 0 bridgehead atoms. The standard InChI is InChI=1S/C12H16O/c1-2-3-7-10-13-11-12-8-5-4-6-9-12/h3-9H,2,10-11H2,1H3. The second-order valence-corrected chi connectivity index (χ2v) is 2.88. The second-order valence-electron chi connectivity index (χ2n) is 2.88. The largest absolute Gasteiger partial charge is 0.373 e. The predicted octanol–water partition coefficient (Wildman–Crippen LogP) is 3.17. The third-order valence-corrected chi connectivity index (χ3v) is 1.73. The molecule has 0 amide bonds. The number of benzene rings is 1. The van der Waals surface area contributed by atoms with Crippen molar-refractivity contribution in [1.82, 2.24) is 0 Å². The average Bonchev–Trinajstić information content (AvgIpc) is 2.19. The lowest BCUT2D eigenvalue weighted by Crippen LogP contribution is -1.91. The van der Waals surface area contributed by atoms with E-state index in [0.29, 0.717) is 13.2 Å². The van der Waals surface area contributed by atoms with Crippen LogP contribution in [0, 0.1) is 0 Å². The Morgan fingerprint density at radius 2 is 1.92 bits per heavy atom. The Hall–Kier alpha value is -1.08. The molecule has 0 saturated carbocycles. The predicted molar refractivity (Wildman–Crippen MR) is 55.5 cm³/mol. The Kier molecular flexibility index (Phi) is 4.95. The van der Waals surface area contributed by atoms with Crippen LogP contribution in [-0.2, 0) is 11.3 Å². The molecule has 0 aromatic heterocycles. The van der Waals surface area contributed by atoms with Crippen LogP contribution in [-0.4, -0.2) is 6.61 Å². The van der Waals surface area contributed by atoms with Crippen LogP contribution in [0.2, 0.25) is 0 Å². The number of allylic oxidation sites excluding steroid dienone is 1. The van der Waals surface area contributed by atoms with Crippen molar-refractivity contribution < 1.29 is 4.74 Å². The maximum atomic E-state index is 5.43. The average molecular weight is 176 g/mol. The van der Waals surface area contributed by atoms with Crippen molar-refractivity contribution in [2.24, 2.45) is 0 Å². The fraction of sp³-hybridized carbons (Fsp3) is 0.333. The summed E-state index contributed by atoms with van der Waals surface area (Å²) in [6.07, 6.45) is 5.25. The molecule has 1 nitrogen and oxygen atoms in total. The molecule has 1 heteroatoms. The molecule has 0 N–H and O–H groups in total. The molecule has 0 radical (unpaired) electrons. The summed E-state index contributed by atoms with van der Waals surface area (Å²) >= 11 is 0. The van der Waals surface area contributed by atoms with Crippen molar-refractivity contribution in [3.05, 3.63) is 48.0 Å². The molecule has 1 aromatic carbocycles. The normalized spacial score (nSPS) is 10.8. The second kappa shape index (κ2) is 6.44. The van der Waals surface area contributed by atoms with Crippen LogP contribution in [0.1, 0.15) is 18.9 Å². The zero-order valence-corrected chi connectivity index (χ0v) is 8.07. The van der Waals surface area contributed by atoms with Crippen molar-refractivity contribution in [3.8, 4) is 0 Å². The first-order valence-corrected chi connectivity index (χ1v) is 4.70. The molecule has 0 fully saturated rings. The highest BCUT2D eigenvalue weighted by molar-refractivity contribution is 5.13. The van der Waals surface area contributed by atoms with Crippen LogP contribution in [0.15, 0.2) is 42.5 Å². The number of ether oxygens (including phenoxy) is 1. The Balaban J connectivity index is 2.17. The van der Waals surface area contributed by atoms with Crippen LogP contribution in [0.5, 0.6) is 0 Å². The van der Waals surface area contributed by atoms with Gasteiger partial charge in [-0.3, -0.25) is 0 Å². The van der Waals surface area contributed by atoms with E-state index in [-0.39, 0.29) is 0 Å². The third-order valence-electron chi connectivity index (χ3n) is 1.73. The van der Waals surface area contributed by atoms with E-state index in [9.17, 15) is 0 Å². The molecule has 0 saturated heterocycles. The van der Waals surface area contributed by atoms with Crippen molar-refractivity contribution >= 4 is 0 Å². The monoisotopic (exact) mass is 176 g/mol. The summed E-state index contributed by atoms with van der Waals surface area (Å²) in [4.78, 5) is 0. The van der Waals surface area contributed by atoms with E-state index in [1.165, 1.54) is 5.56 Å². The molecule has 13 heavy (non-hydrogen) atoms. The van der Waals surface area contributed by atoms with E-state index >= 15 is 0 Å². The van der Waals surface area contributed by atoms with Crippen LogP contribution < -0.4 is 0 Å². The van der Waals surface area contributed by atoms with E-state index in [1.54, 1.807) is 0 Å².